The molecule has 0 aromatic heterocycles. The van der Waals surface area contributed by atoms with Gasteiger partial charge in [-0.05, 0) is 363 Å². The van der Waals surface area contributed by atoms with Crippen molar-refractivity contribution in [2.45, 2.75) is 218 Å². The molecule has 92 heavy (non-hydrogen) atoms. The molecule has 13 heterocycles. The normalized spacial score (nSPS) is 25.3. The standard InChI is InChI=1S/2C7H15N.7C6H13N.3C5H11NO.C5H11N/c2*1-8-6-4-2-3-5-7-8;7*1-7-5-3-2-4-6-7;1-6-2-4-7-5-3-6;1-6-3-2-4-7-5-6;1-6-4-2-3-5-7-6;1-6-4-2-3-5-6/h2*2-7H2,1H3;7*2-6H2,1H3;3*2-5H2,1H3;2-5H2,1H3. The zero-order valence-electron chi connectivity index (χ0n) is 64.6. The van der Waals surface area contributed by atoms with E-state index in [1.54, 1.807) is 0 Å². The van der Waals surface area contributed by atoms with E-state index in [4.69, 9.17) is 14.3 Å². The number of rotatable bonds is 0. The lowest BCUT2D eigenvalue weighted by Crippen LogP contribution is -2.32. The lowest BCUT2D eigenvalue weighted by Gasteiger charge is -2.21. The molecule has 13 aliphatic heterocycles. The predicted molar refractivity (Wildman–Crippen MR) is 402 cm³/mol. The molecule has 13 saturated heterocycles. The molecule has 0 atom stereocenters. The van der Waals surface area contributed by atoms with Gasteiger partial charge in [-0.15, -0.1) is 0 Å². The molecule has 16 heteroatoms. The fraction of sp³-hybridized carbons (Fsp3) is 1.00. The van der Waals surface area contributed by atoms with Crippen LogP contribution in [0.15, 0.2) is 0 Å². The summed E-state index contributed by atoms with van der Waals surface area (Å²) >= 11 is 0. The summed E-state index contributed by atoms with van der Waals surface area (Å²) in [6.07, 6.45) is 47.9. The number of piperidine rings is 7. The van der Waals surface area contributed by atoms with Gasteiger partial charge in [0, 0.05) is 39.8 Å². The van der Waals surface area contributed by atoms with Crippen molar-refractivity contribution in [2.24, 2.45) is 0 Å². The van der Waals surface area contributed by atoms with Crippen LogP contribution in [0.2, 0.25) is 0 Å². The minimum Gasteiger partial charge on any atom is -0.379 e. The van der Waals surface area contributed by atoms with Crippen LogP contribution < -0.4 is 0 Å². The number of hydrogen-bond donors (Lipinski definition) is 0. The Morgan fingerprint density at radius 3 is 0.446 bits per heavy atom. The van der Waals surface area contributed by atoms with E-state index >= 15 is 0 Å². The number of morpholine rings is 1. The first-order valence-corrected chi connectivity index (χ1v) is 39.3. The van der Waals surface area contributed by atoms with Gasteiger partial charge in [0.25, 0.3) is 0 Å². The molecule has 0 aliphatic carbocycles. The second-order valence-corrected chi connectivity index (χ2v) is 29.8. The third kappa shape index (κ3) is 64.1. The summed E-state index contributed by atoms with van der Waals surface area (Å²) in [6.45, 7) is 35.4. The molecule has 552 valence electrons. The van der Waals surface area contributed by atoms with Gasteiger partial charge in [-0.25, -0.2) is 0 Å². The summed E-state index contributed by atoms with van der Waals surface area (Å²) in [6, 6.07) is 0. The quantitative estimate of drug-likeness (QED) is 0.231. The second-order valence-electron chi connectivity index (χ2n) is 29.8. The Hall–Kier alpha value is -0.640. The first kappa shape index (κ1) is 89.4. The predicted octanol–water partition coefficient (Wildman–Crippen LogP) is 12.3. The van der Waals surface area contributed by atoms with Crippen LogP contribution in [0.1, 0.15) is 218 Å². The smallest absolute Gasteiger partial charge is 0.0987 e. The van der Waals surface area contributed by atoms with E-state index in [1.165, 1.54) is 356 Å². The Kier molecular flexibility index (Phi) is 64.4. The summed E-state index contributed by atoms with van der Waals surface area (Å²) in [5, 5.41) is 1.89. The van der Waals surface area contributed by atoms with Gasteiger partial charge in [0.2, 0.25) is 0 Å². The monoisotopic (exact) mass is 1310 g/mol. The molecule has 0 N–H and O–H groups in total. The molecular weight excluding hydrogens is 1140 g/mol. The van der Waals surface area contributed by atoms with Crippen LogP contribution in [0.25, 0.3) is 0 Å². The van der Waals surface area contributed by atoms with Gasteiger partial charge in [0.1, 0.15) is 0 Å². The number of likely N-dealkylation sites (tertiary alicyclic amines) is 10. The maximum absolute atomic E-state index is 5.11. The van der Waals surface area contributed by atoms with E-state index in [0.717, 1.165) is 52.8 Å². The molecule has 0 amide bonds. The molecule has 0 aromatic carbocycles. The highest BCUT2D eigenvalue weighted by Crippen LogP contribution is 2.12. The summed E-state index contributed by atoms with van der Waals surface area (Å²) in [4.78, 5) is 33.5. The van der Waals surface area contributed by atoms with Crippen LogP contribution in [0.4, 0.5) is 0 Å². The van der Waals surface area contributed by atoms with Crippen molar-refractivity contribution in [3.63, 3.8) is 0 Å². The van der Waals surface area contributed by atoms with E-state index in [9.17, 15) is 0 Å². The largest absolute Gasteiger partial charge is 0.379 e. The average molecular weight is 1310 g/mol. The Balaban J connectivity index is 0.000000499. The van der Waals surface area contributed by atoms with Gasteiger partial charge in [0.15, 0.2) is 0 Å². The molecule has 0 saturated carbocycles. The molecule has 13 rings (SSSR count). The topological polar surface area (TPSA) is 69.8 Å². The lowest BCUT2D eigenvalue weighted by molar-refractivity contribution is -0.161. The van der Waals surface area contributed by atoms with Crippen molar-refractivity contribution in [3.05, 3.63) is 0 Å². The van der Waals surface area contributed by atoms with Gasteiger partial charge in [-0.2, -0.15) is 5.06 Å². The van der Waals surface area contributed by atoms with Crippen molar-refractivity contribution in [2.75, 3.05) is 282 Å². The summed E-state index contributed by atoms with van der Waals surface area (Å²) in [7, 11) is 28.1. The van der Waals surface area contributed by atoms with Crippen molar-refractivity contribution >= 4 is 0 Å². The van der Waals surface area contributed by atoms with Crippen molar-refractivity contribution in [3.8, 4) is 0 Å². The third-order valence-corrected chi connectivity index (χ3v) is 19.6. The molecule has 16 nitrogen and oxygen atoms in total. The van der Waals surface area contributed by atoms with Gasteiger partial charge in [-0.1, -0.05) is 70.6 Å². The molecule has 13 aliphatic rings. The first-order valence-electron chi connectivity index (χ1n) is 39.3. The number of ether oxygens (including phenoxy) is 2. The van der Waals surface area contributed by atoms with Crippen molar-refractivity contribution in [1.29, 1.82) is 0 Å². The van der Waals surface area contributed by atoms with E-state index in [1.807, 2.05) is 12.1 Å². The van der Waals surface area contributed by atoms with Crippen LogP contribution in [0.3, 0.4) is 0 Å². The van der Waals surface area contributed by atoms with Crippen LogP contribution in [-0.2, 0) is 14.3 Å². The second kappa shape index (κ2) is 66.3. The Bertz CT molecular complexity index is 1120. The molecule has 0 bridgehead atoms. The number of nitrogens with zero attached hydrogens (tertiary/aromatic N) is 13. The maximum Gasteiger partial charge on any atom is 0.0987 e. The van der Waals surface area contributed by atoms with Gasteiger partial charge < -0.3 is 63.4 Å². The number of hydroxylamine groups is 2. The van der Waals surface area contributed by atoms with Crippen LogP contribution in [0.5, 0.6) is 0 Å². The molecule has 0 unspecified atom stereocenters. The van der Waals surface area contributed by atoms with Crippen molar-refractivity contribution in [1.82, 2.24) is 63.9 Å². The third-order valence-electron chi connectivity index (χ3n) is 19.6. The summed E-state index contributed by atoms with van der Waals surface area (Å²) < 4.78 is 10.2. The van der Waals surface area contributed by atoms with E-state index in [2.05, 4.69) is 143 Å². The Morgan fingerprint density at radius 2 is 0.326 bits per heavy atom. The maximum atomic E-state index is 5.11. The highest BCUT2D eigenvalue weighted by molar-refractivity contribution is 4.65. The van der Waals surface area contributed by atoms with E-state index in [0.29, 0.717) is 0 Å². The van der Waals surface area contributed by atoms with Crippen LogP contribution in [0, 0.1) is 0 Å². The van der Waals surface area contributed by atoms with Gasteiger partial charge in [-0.3, -0.25) is 9.74 Å². The van der Waals surface area contributed by atoms with Gasteiger partial charge in [0.05, 0.1) is 26.6 Å². The highest BCUT2D eigenvalue weighted by atomic mass is 16.7. The minimum absolute atomic E-state index is 0.819. The van der Waals surface area contributed by atoms with Gasteiger partial charge >= 0.3 is 0 Å². The average Bonchev–Trinajstić information content (AvgIpc) is 3.77. The van der Waals surface area contributed by atoms with Crippen LogP contribution >= 0.6 is 0 Å². The van der Waals surface area contributed by atoms with E-state index < -0.39 is 0 Å². The van der Waals surface area contributed by atoms with E-state index in [-0.39, 0.29) is 0 Å². The lowest BCUT2D eigenvalue weighted by atomic mass is 10.1. The molecule has 0 aromatic rings. The molecular formula is C76H165N13O3. The number of hydrogen-bond acceptors (Lipinski definition) is 16. The minimum atomic E-state index is 0.819. The number of likely N-dealkylation sites (N-methyl/N-ethyl adjacent to an activating group) is 1. The highest BCUT2D eigenvalue weighted by Gasteiger charge is 2.10. The first-order chi connectivity index (χ1) is 44.6. The molecule has 13 fully saturated rings. The SMILES string of the molecule is CN1CCCC1.CN1CCCCC1.CN1CCCCC1.CN1CCCCC1.CN1CCCCC1.CN1CCCCC1.CN1CCCCC1.CN1CCCCC1.CN1CCCCCC1.CN1CCCCCC1.CN1CCCCO1.CN1CCCOC1.CN1CCOCC1. The zero-order valence-corrected chi connectivity index (χ0v) is 64.6. The molecule has 0 radical (unpaired) electrons. The van der Waals surface area contributed by atoms with Crippen LogP contribution in [-0.4, -0.2) is 346 Å². The summed E-state index contributed by atoms with van der Waals surface area (Å²) in [5.74, 6) is 0. The Morgan fingerprint density at radius 1 is 0.141 bits per heavy atom. The fourth-order valence-corrected chi connectivity index (χ4v) is 12.8. The van der Waals surface area contributed by atoms with Crippen molar-refractivity contribution < 1.29 is 14.3 Å². The Labute approximate surface area is 575 Å². The molecule has 0 spiro atoms. The summed E-state index contributed by atoms with van der Waals surface area (Å²) in [5.41, 5.74) is 0. The zero-order chi connectivity index (χ0) is 67.2. The fourth-order valence-electron chi connectivity index (χ4n) is 12.8.